The topological polar surface area (TPSA) is 17.3 Å². The van der Waals surface area contributed by atoms with Crippen molar-refractivity contribution in [1.82, 2.24) is 5.32 Å². The molecule has 1 radical (unpaired) electrons. The highest BCUT2D eigenvalue weighted by molar-refractivity contribution is 5.49. The zero-order valence-corrected chi connectivity index (χ0v) is 8.74. The maximum absolute atomic E-state index is 4.35. The molecule has 2 heteroatoms. The van der Waals surface area contributed by atoms with Crippen molar-refractivity contribution in [2.24, 2.45) is 0 Å². The fourth-order valence-electron chi connectivity index (χ4n) is 1.84. The maximum Gasteiger partial charge on any atom is 0.0369 e. The molecule has 14 heavy (non-hydrogen) atoms. The number of rotatable bonds is 2. The van der Waals surface area contributed by atoms with Gasteiger partial charge in [-0.1, -0.05) is 19.1 Å². The van der Waals surface area contributed by atoms with Crippen molar-refractivity contribution in [2.45, 2.75) is 13.3 Å². The van der Waals surface area contributed by atoms with Crippen molar-refractivity contribution in [1.29, 1.82) is 0 Å². The number of anilines is 1. The Balaban J connectivity index is 2.13. The van der Waals surface area contributed by atoms with Crippen molar-refractivity contribution >= 4 is 5.69 Å². The number of benzene rings is 1. The van der Waals surface area contributed by atoms with Crippen LogP contribution in [0.5, 0.6) is 0 Å². The molecule has 0 saturated carbocycles. The second kappa shape index (κ2) is 4.47. The lowest BCUT2D eigenvalue weighted by Gasteiger charge is -2.28. The first-order valence-electron chi connectivity index (χ1n) is 5.37. The molecule has 0 aromatic heterocycles. The van der Waals surface area contributed by atoms with Gasteiger partial charge < -0.3 is 4.90 Å². The SMILES string of the molecule is CCc1cccc(N2CC[N]CC2)c1. The van der Waals surface area contributed by atoms with Crippen LogP contribution in [0, 0.1) is 0 Å². The summed E-state index contributed by atoms with van der Waals surface area (Å²) in [4.78, 5) is 2.42. The van der Waals surface area contributed by atoms with E-state index in [9.17, 15) is 0 Å². The van der Waals surface area contributed by atoms with Crippen molar-refractivity contribution < 1.29 is 0 Å². The smallest absolute Gasteiger partial charge is 0.0369 e. The van der Waals surface area contributed by atoms with Crippen molar-refractivity contribution in [3.8, 4) is 0 Å². The first-order chi connectivity index (χ1) is 6.90. The summed E-state index contributed by atoms with van der Waals surface area (Å²) < 4.78 is 0. The summed E-state index contributed by atoms with van der Waals surface area (Å²) in [7, 11) is 0. The predicted molar refractivity (Wildman–Crippen MR) is 59.9 cm³/mol. The Kier molecular flexibility index (Phi) is 3.04. The first-order valence-corrected chi connectivity index (χ1v) is 5.37. The van der Waals surface area contributed by atoms with E-state index in [2.05, 4.69) is 41.4 Å². The molecule has 1 saturated heterocycles. The second-order valence-corrected chi connectivity index (χ2v) is 3.68. The largest absolute Gasteiger partial charge is 0.369 e. The van der Waals surface area contributed by atoms with Crippen LogP contribution < -0.4 is 10.2 Å². The van der Waals surface area contributed by atoms with E-state index in [0.29, 0.717) is 0 Å². The van der Waals surface area contributed by atoms with Gasteiger partial charge in [-0.25, -0.2) is 5.32 Å². The van der Waals surface area contributed by atoms with Crippen LogP contribution in [0.3, 0.4) is 0 Å². The van der Waals surface area contributed by atoms with Crippen LogP contribution >= 0.6 is 0 Å². The Morgan fingerprint density at radius 2 is 2.07 bits per heavy atom. The molecule has 2 rings (SSSR count). The van der Waals surface area contributed by atoms with E-state index >= 15 is 0 Å². The summed E-state index contributed by atoms with van der Waals surface area (Å²) >= 11 is 0. The van der Waals surface area contributed by atoms with Crippen molar-refractivity contribution in [3.63, 3.8) is 0 Å². The molecule has 0 spiro atoms. The molecule has 0 aliphatic carbocycles. The zero-order chi connectivity index (χ0) is 9.80. The number of piperazine rings is 1. The number of hydrogen-bond acceptors (Lipinski definition) is 1. The van der Waals surface area contributed by atoms with Crippen LogP contribution in [-0.2, 0) is 6.42 Å². The lowest BCUT2D eigenvalue weighted by Crippen LogP contribution is -2.40. The van der Waals surface area contributed by atoms with Gasteiger partial charge in [0.1, 0.15) is 0 Å². The number of hydrogen-bond donors (Lipinski definition) is 0. The summed E-state index contributed by atoms with van der Waals surface area (Å²) in [6.07, 6.45) is 1.12. The third-order valence-electron chi connectivity index (χ3n) is 2.74. The lowest BCUT2D eigenvalue weighted by molar-refractivity contribution is 0.579. The second-order valence-electron chi connectivity index (χ2n) is 3.68. The minimum absolute atomic E-state index is 0.982. The molecule has 0 bridgehead atoms. The van der Waals surface area contributed by atoms with Crippen LogP contribution in [0.2, 0.25) is 0 Å². The predicted octanol–water partition coefficient (Wildman–Crippen LogP) is 1.67. The molecule has 0 unspecified atom stereocenters. The molecule has 0 N–H and O–H groups in total. The summed E-state index contributed by atoms with van der Waals surface area (Å²) in [5.41, 5.74) is 2.78. The van der Waals surface area contributed by atoms with Crippen LogP contribution in [0.1, 0.15) is 12.5 Å². The van der Waals surface area contributed by atoms with Crippen molar-refractivity contribution in [3.05, 3.63) is 29.8 Å². The monoisotopic (exact) mass is 189 g/mol. The minimum Gasteiger partial charge on any atom is -0.369 e. The molecule has 1 fully saturated rings. The average Bonchev–Trinajstić information content (AvgIpc) is 2.30. The highest BCUT2D eigenvalue weighted by Crippen LogP contribution is 2.16. The van der Waals surface area contributed by atoms with E-state index in [-0.39, 0.29) is 0 Å². The maximum atomic E-state index is 4.35. The van der Waals surface area contributed by atoms with E-state index in [0.717, 1.165) is 32.6 Å². The van der Waals surface area contributed by atoms with E-state index in [1.807, 2.05) is 0 Å². The molecule has 1 aromatic carbocycles. The highest BCUT2D eigenvalue weighted by atomic mass is 15.2. The van der Waals surface area contributed by atoms with Crippen LogP contribution in [0.15, 0.2) is 24.3 Å². The van der Waals surface area contributed by atoms with Gasteiger partial charge in [0.05, 0.1) is 0 Å². The fraction of sp³-hybridized carbons (Fsp3) is 0.500. The molecule has 1 aliphatic heterocycles. The molecule has 1 aromatic rings. The number of aryl methyl sites for hydroxylation is 1. The van der Waals surface area contributed by atoms with Gasteiger partial charge in [-0.15, -0.1) is 0 Å². The molecule has 1 heterocycles. The standard InChI is InChI=1S/C12H17N2/c1-2-11-4-3-5-12(10-11)14-8-6-13-7-9-14/h3-5,10H,2,6-9H2,1H3. The van der Waals surface area contributed by atoms with Crippen molar-refractivity contribution in [2.75, 3.05) is 31.1 Å². The average molecular weight is 189 g/mol. The Morgan fingerprint density at radius 3 is 2.79 bits per heavy atom. The van der Waals surface area contributed by atoms with Crippen LogP contribution in [-0.4, -0.2) is 26.2 Å². The first kappa shape index (κ1) is 9.53. The summed E-state index contributed by atoms with van der Waals surface area (Å²) in [5.74, 6) is 0. The molecular formula is C12H17N2. The van der Waals surface area contributed by atoms with Gasteiger partial charge >= 0.3 is 0 Å². The molecule has 0 atom stereocenters. The van der Waals surface area contributed by atoms with Gasteiger partial charge in [-0.05, 0) is 24.1 Å². The van der Waals surface area contributed by atoms with Gasteiger partial charge in [0.15, 0.2) is 0 Å². The number of nitrogens with zero attached hydrogens (tertiary/aromatic N) is 2. The summed E-state index contributed by atoms with van der Waals surface area (Å²) in [6.45, 7) is 6.32. The van der Waals surface area contributed by atoms with E-state index in [1.54, 1.807) is 0 Å². The zero-order valence-electron chi connectivity index (χ0n) is 8.74. The Labute approximate surface area is 85.9 Å². The molecule has 0 amide bonds. The molecular weight excluding hydrogens is 172 g/mol. The van der Waals surface area contributed by atoms with E-state index in [1.165, 1.54) is 11.3 Å². The normalized spacial score (nSPS) is 17.1. The fourth-order valence-corrected chi connectivity index (χ4v) is 1.84. The molecule has 2 nitrogen and oxygen atoms in total. The Bertz CT molecular complexity index is 290. The Morgan fingerprint density at radius 1 is 1.29 bits per heavy atom. The molecule has 75 valence electrons. The highest BCUT2D eigenvalue weighted by Gasteiger charge is 2.10. The quantitative estimate of drug-likeness (QED) is 0.692. The lowest BCUT2D eigenvalue weighted by atomic mass is 10.1. The van der Waals surface area contributed by atoms with Gasteiger partial charge in [0.25, 0.3) is 0 Å². The summed E-state index contributed by atoms with van der Waals surface area (Å²) in [5, 5.41) is 4.35. The van der Waals surface area contributed by atoms with Gasteiger partial charge in [-0.3, -0.25) is 0 Å². The third kappa shape index (κ3) is 2.07. The summed E-state index contributed by atoms with van der Waals surface area (Å²) in [6, 6.07) is 8.84. The Hall–Kier alpha value is -1.02. The van der Waals surface area contributed by atoms with Gasteiger partial charge in [0, 0.05) is 31.9 Å². The van der Waals surface area contributed by atoms with E-state index < -0.39 is 0 Å². The van der Waals surface area contributed by atoms with E-state index in [4.69, 9.17) is 0 Å². The van der Waals surface area contributed by atoms with Crippen LogP contribution in [0.4, 0.5) is 5.69 Å². The minimum atomic E-state index is 0.982. The molecule has 1 aliphatic rings. The third-order valence-corrected chi connectivity index (χ3v) is 2.74. The van der Waals surface area contributed by atoms with Gasteiger partial charge in [-0.2, -0.15) is 0 Å². The van der Waals surface area contributed by atoms with Gasteiger partial charge in [0.2, 0.25) is 0 Å². The van der Waals surface area contributed by atoms with Crippen LogP contribution in [0.25, 0.3) is 0 Å².